The Labute approximate surface area is 200 Å². The molecular formula is C27H30N4O3. The molecule has 0 unspecified atom stereocenters. The molecule has 7 nitrogen and oxygen atoms in total. The lowest BCUT2D eigenvalue weighted by Crippen LogP contribution is -2.59. The Morgan fingerprint density at radius 2 is 1.62 bits per heavy atom. The maximum atomic E-state index is 13.3. The number of allylic oxidation sites excluding steroid dienone is 2. The van der Waals surface area contributed by atoms with Crippen LogP contribution in [0.4, 0.5) is 11.4 Å². The van der Waals surface area contributed by atoms with Crippen LogP contribution in [-0.2, 0) is 9.59 Å². The molecule has 2 aromatic rings. The zero-order chi connectivity index (χ0) is 23.8. The molecule has 2 aromatic carbocycles. The lowest BCUT2D eigenvalue weighted by atomic mass is 9.80. The van der Waals surface area contributed by atoms with Crippen molar-refractivity contribution in [1.82, 2.24) is 10.3 Å². The van der Waals surface area contributed by atoms with Crippen molar-refractivity contribution in [3.63, 3.8) is 0 Å². The van der Waals surface area contributed by atoms with E-state index in [-0.39, 0.29) is 29.6 Å². The Morgan fingerprint density at radius 1 is 0.912 bits per heavy atom. The molecule has 2 heterocycles. The van der Waals surface area contributed by atoms with Gasteiger partial charge in [0.05, 0.1) is 17.5 Å². The molecule has 0 radical (unpaired) electrons. The average Bonchev–Trinajstić information content (AvgIpc) is 2.87. The van der Waals surface area contributed by atoms with Gasteiger partial charge in [-0.25, -0.2) is 5.01 Å². The van der Waals surface area contributed by atoms with Crippen LogP contribution in [0.2, 0.25) is 0 Å². The van der Waals surface area contributed by atoms with E-state index < -0.39 is 0 Å². The molecule has 3 amide bonds. The number of hydrazine groups is 1. The minimum Gasteiger partial charge on any atom is -0.368 e. The highest BCUT2D eigenvalue weighted by Crippen LogP contribution is 2.32. The number of hydrogen-bond donors (Lipinski definition) is 1. The third-order valence-electron chi connectivity index (χ3n) is 7.36. The third kappa shape index (κ3) is 3.95. The van der Waals surface area contributed by atoms with Crippen LogP contribution in [0.25, 0.3) is 0 Å². The number of benzene rings is 2. The van der Waals surface area contributed by atoms with E-state index in [4.69, 9.17) is 0 Å². The minimum atomic E-state index is -0.351. The Bertz CT molecular complexity index is 1170. The number of anilines is 2. The van der Waals surface area contributed by atoms with Crippen LogP contribution in [0.3, 0.4) is 0 Å². The number of hydrogen-bond acceptors (Lipinski definition) is 4. The van der Waals surface area contributed by atoms with Crippen LogP contribution in [0, 0.1) is 25.7 Å². The summed E-state index contributed by atoms with van der Waals surface area (Å²) in [7, 11) is 0. The monoisotopic (exact) mass is 458 g/mol. The second-order valence-corrected chi connectivity index (χ2v) is 9.35. The van der Waals surface area contributed by atoms with Gasteiger partial charge in [0, 0.05) is 37.4 Å². The van der Waals surface area contributed by atoms with Gasteiger partial charge in [-0.3, -0.25) is 19.8 Å². The zero-order valence-corrected chi connectivity index (χ0v) is 19.7. The van der Waals surface area contributed by atoms with Crippen molar-refractivity contribution in [2.24, 2.45) is 11.8 Å². The second kappa shape index (κ2) is 8.97. The molecule has 0 spiro atoms. The van der Waals surface area contributed by atoms with E-state index in [0.29, 0.717) is 37.2 Å². The van der Waals surface area contributed by atoms with Crippen LogP contribution in [0.5, 0.6) is 0 Å². The zero-order valence-electron chi connectivity index (χ0n) is 19.7. The summed E-state index contributed by atoms with van der Waals surface area (Å²) in [5, 5.41) is 1.32. The van der Waals surface area contributed by atoms with Gasteiger partial charge in [0.2, 0.25) is 11.8 Å². The van der Waals surface area contributed by atoms with Crippen molar-refractivity contribution in [2.45, 2.75) is 26.7 Å². The van der Waals surface area contributed by atoms with E-state index in [1.807, 2.05) is 17.1 Å². The number of nitrogens with zero attached hydrogens (tertiary/aromatic N) is 3. The summed E-state index contributed by atoms with van der Waals surface area (Å²) in [5.41, 5.74) is 7.55. The second-order valence-electron chi connectivity index (χ2n) is 9.35. The van der Waals surface area contributed by atoms with E-state index in [9.17, 15) is 14.4 Å². The molecule has 34 heavy (non-hydrogen) atoms. The predicted molar refractivity (Wildman–Crippen MR) is 131 cm³/mol. The lowest BCUT2D eigenvalue weighted by Gasteiger charge is -2.38. The topological polar surface area (TPSA) is 73.0 Å². The summed E-state index contributed by atoms with van der Waals surface area (Å²) in [4.78, 5) is 43.2. The van der Waals surface area contributed by atoms with Gasteiger partial charge in [0.25, 0.3) is 5.91 Å². The highest BCUT2D eigenvalue weighted by molar-refractivity contribution is 6.05. The molecule has 0 saturated carbocycles. The molecule has 1 aliphatic carbocycles. The quantitative estimate of drug-likeness (QED) is 0.717. The molecule has 2 saturated heterocycles. The van der Waals surface area contributed by atoms with E-state index >= 15 is 0 Å². The number of aryl methyl sites for hydroxylation is 1. The van der Waals surface area contributed by atoms with Gasteiger partial charge in [0.1, 0.15) is 0 Å². The minimum absolute atomic E-state index is 0.0586. The highest BCUT2D eigenvalue weighted by Gasteiger charge is 2.42. The fraction of sp³-hybridized carbons (Fsp3) is 0.370. The first-order chi connectivity index (χ1) is 16.4. The van der Waals surface area contributed by atoms with Gasteiger partial charge in [-0.2, -0.15) is 0 Å². The van der Waals surface area contributed by atoms with Crippen molar-refractivity contribution in [1.29, 1.82) is 0 Å². The standard InChI is InChI=1S/C27H30N4O3/c1-18-7-5-12-24(19(18)2)29-13-15-30(16-14-29)26(33)20-8-6-9-21(17-20)31-27(34)23-11-4-3-10-22(23)25(32)28-31/h3-9,12,17,22-23H,10-11,13-16H2,1-2H3,(H,28,32)/t22-,23+/m0/s1. The van der Waals surface area contributed by atoms with Crippen molar-refractivity contribution < 1.29 is 14.4 Å². The van der Waals surface area contributed by atoms with Gasteiger partial charge in [-0.05, 0) is 62.1 Å². The molecule has 1 N–H and O–H groups in total. The summed E-state index contributed by atoms with van der Waals surface area (Å²) in [5.74, 6) is -0.992. The molecule has 7 heteroatoms. The summed E-state index contributed by atoms with van der Waals surface area (Å²) in [6, 6.07) is 13.3. The maximum Gasteiger partial charge on any atom is 0.254 e. The largest absolute Gasteiger partial charge is 0.368 e. The fourth-order valence-electron chi connectivity index (χ4n) is 5.17. The number of fused-ring (bicyclic) bond motifs is 1. The number of rotatable bonds is 3. The molecule has 3 aliphatic rings. The van der Waals surface area contributed by atoms with Gasteiger partial charge < -0.3 is 9.80 Å². The van der Waals surface area contributed by atoms with Crippen molar-refractivity contribution in [2.75, 3.05) is 36.1 Å². The summed E-state index contributed by atoms with van der Waals surface area (Å²) in [6.07, 6.45) is 5.08. The normalized spacial score (nSPS) is 22.5. The molecule has 5 rings (SSSR count). The van der Waals surface area contributed by atoms with E-state index in [1.165, 1.54) is 21.8 Å². The number of nitrogens with one attached hydrogen (secondary N) is 1. The van der Waals surface area contributed by atoms with Crippen molar-refractivity contribution in [3.05, 3.63) is 71.3 Å². The number of carbonyl (C=O) groups excluding carboxylic acids is 3. The smallest absolute Gasteiger partial charge is 0.254 e. The Kier molecular flexibility index (Phi) is 5.86. The SMILES string of the molecule is Cc1cccc(N2CCN(C(=O)c3cccc(N4NC(=O)[C@H]5CC=CC[C@H]5C4=O)c3)CC2)c1C. The number of piperazine rings is 1. The van der Waals surface area contributed by atoms with Gasteiger partial charge in [-0.15, -0.1) is 0 Å². The molecule has 0 bridgehead atoms. The molecule has 176 valence electrons. The van der Waals surface area contributed by atoms with E-state index in [1.54, 1.807) is 24.3 Å². The Morgan fingerprint density at radius 3 is 2.38 bits per heavy atom. The predicted octanol–water partition coefficient (Wildman–Crippen LogP) is 3.23. The first-order valence-corrected chi connectivity index (χ1v) is 11.9. The van der Waals surface area contributed by atoms with Crippen LogP contribution in [0.1, 0.15) is 34.3 Å². The molecular weight excluding hydrogens is 428 g/mol. The van der Waals surface area contributed by atoms with Gasteiger partial charge in [0.15, 0.2) is 0 Å². The molecule has 2 aliphatic heterocycles. The van der Waals surface area contributed by atoms with Gasteiger partial charge in [-0.1, -0.05) is 30.4 Å². The van der Waals surface area contributed by atoms with Crippen LogP contribution in [0.15, 0.2) is 54.6 Å². The van der Waals surface area contributed by atoms with Crippen LogP contribution < -0.4 is 15.3 Å². The molecule has 0 aromatic heterocycles. The maximum absolute atomic E-state index is 13.3. The van der Waals surface area contributed by atoms with E-state index in [0.717, 1.165) is 13.1 Å². The lowest BCUT2D eigenvalue weighted by molar-refractivity contribution is -0.139. The summed E-state index contributed by atoms with van der Waals surface area (Å²) in [6.45, 7) is 7.06. The van der Waals surface area contributed by atoms with Crippen LogP contribution in [-0.4, -0.2) is 48.8 Å². The van der Waals surface area contributed by atoms with Gasteiger partial charge >= 0.3 is 0 Å². The molecule has 2 fully saturated rings. The average molecular weight is 459 g/mol. The highest BCUT2D eigenvalue weighted by atomic mass is 16.2. The van der Waals surface area contributed by atoms with Crippen LogP contribution >= 0.6 is 0 Å². The van der Waals surface area contributed by atoms with Crippen molar-refractivity contribution >= 4 is 29.1 Å². The van der Waals surface area contributed by atoms with Crippen molar-refractivity contribution in [3.8, 4) is 0 Å². The first kappa shape index (κ1) is 22.2. The number of amides is 3. The fourth-order valence-corrected chi connectivity index (χ4v) is 5.17. The first-order valence-electron chi connectivity index (χ1n) is 11.9. The summed E-state index contributed by atoms with van der Waals surface area (Å²) >= 11 is 0. The Hall–Kier alpha value is -3.61. The van der Waals surface area contributed by atoms with E-state index in [2.05, 4.69) is 42.4 Å². The number of carbonyl (C=O) groups is 3. The Balaban J connectivity index is 1.29. The third-order valence-corrected chi connectivity index (χ3v) is 7.36. The molecule has 2 atom stereocenters. The summed E-state index contributed by atoms with van der Waals surface area (Å²) < 4.78 is 0.